The second-order valence-electron chi connectivity index (χ2n) is 3.78. The summed E-state index contributed by atoms with van der Waals surface area (Å²) in [6, 6.07) is 3.91. The van der Waals surface area contributed by atoms with Crippen molar-refractivity contribution in [3.63, 3.8) is 0 Å². The largest absolute Gasteiger partial charge is 0.480 e. The number of aliphatic carboxylic acids is 1. The number of halogens is 3. The molecule has 0 radical (unpaired) electrons. The van der Waals surface area contributed by atoms with Crippen molar-refractivity contribution in [2.45, 2.75) is 19.1 Å². The van der Waals surface area contributed by atoms with Crippen LogP contribution in [0.4, 0.5) is 13.2 Å². The minimum Gasteiger partial charge on any atom is -0.480 e. The van der Waals surface area contributed by atoms with Gasteiger partial charge in [-0.2, -0.15) is 8.78 Å². The third kappa shape index (κ3) is 4.79. The summed E-state index contributed by atoms with van der Waals surface area (Å²) in [5.74, 6) is -2.51. The van der Waals surface area contributed by atoms with Gasteiger partial charge in [-0.1, -0.05) is 18.2 Å². The van der Waals surface area contributed by atoms with E-state index in [-0.39, 0.29) is 11.3 Å². The smallest absolute Gasteiger partial charge is 0.387 e. The van der Waals surface area contributed by atoms with Gasteiger partial charge in [0.25, 0.3) is 0 Å². The average molecular weight is 291 g/mol. The quantitative estimate of drug-likeness (QED) is 0.795. The molecule has 0 aliphatic heterocycles. The summed E-state index contributed by atoms with van der Waals surface area (Å²) in [6.07, 6.45) is -0.396. The van der Waals surface area contributed by atoms with Gasteiger partial charge in [0, 0.05) is 5.56 Å². The number of carboxylic acid groups (broad SMARTS) is 1. The minimum absolute atomic E-state index is 0.147. The van der Waals surface area contributed by atoms with Crippen molar-refractivity contribution >= 4 is 11.9 Å². The Hall–Kier alpha value is -2.25. The fourth-order valence-corrected chi connectivity index (χ4v) is 1.45. The van der Waals surface area contributed by atoms with E-state index in [4.69, 9.17) is 5.11 Å². The van der Waals surface area contributed by atoms with Gasteiger partial charge in [-0.25, -0.2) is 9.18 Å². The molecule has 1 aromatic rings. The number of para-hydroxylation sites is 1. The van der Waals surface area contributed by atoms with E-state index in [1.807, 2.05) is 5.32 Å². The summed E-state index contributed by atoms with van der Waals surface area (Å²) in [7, 11) is 0. The van der Waals surface area contributed by atoms with Crippen molar-refractivity contribution in [2.24, 2.45) is 0 Å². The molecule has 1 amide bonds. The Morgan fingerprint density at radius 1 is 1.30 bits per heavy atom. The topological polar surface area (TPSA) is 75.6 Å². The SMILES string of the molecule is O=C(Cc1ccccc1OC(F)F)NC(CF)C(=O)O. The van der Waals surface area contributed by atoms with E-state index >= 15 is 0 Å². The summed E-state index contributed by atoms with van der Waals surface area (Å²) in [6.45, 7) is -4.31. The molecule has 20 heavy (non-hydrogen) atoms. The second kappa shape index (κ2) is 7.37. The zero-order chi connectivity index (χ0) is 15.1. The van der Waals surface area contributed by atoms with Crippen molar-refractivity contribution in [3.05, 3.63) is 29.8 Å². The predicted molar refractivity (Wildman–Crippen MR) is 62.3 cm³/mol. The van der Waals surface area contributed by atoms with Gasteiger partial charge in [-0.05, 0) is 6.07 Å². The van der Waals surface area contributed by atoms with E-state index in [9.17, 15) is 22.8 Å². The van der Waals surface area contributed by atoms with Gasteiger partial charge in [0.05, 0.1) is 6.42 Å². The minimum atomic E-state index is -3.04. The highest BCUT2D eigenvalue weighted by Gasteiger charge is 2.20. The van der Waals surface area contributed by atoms with Crippen molar-refractivity contribution in [1.29, 1.82) is 0 Å². The molecule has 0 saturated heterocycles. The summed E-state index contributed by atoms with van der Waals surface area (Å²) < 4.78 is 40.9. The number of ether oxygens (including phenoxy) is 1. The fourth-order valence-electron chi connectivity index (χ4n) is 1.45. The molecule has 0 heterocycles. The molecule has 110 valence electrons. The van der Waals surface area contributed by atoms with E-state index in [1.165, 1.54) is 24.3 Å². The maximum absolute atomic E-state index is 12.3. The Balaban J connectivity index is 2.73. The Labute approximate surface area is 112 Å². The summed E-state index contributed by atoms with van der Waals surface area (Å²) in [5.41, 5.74) is 0.147. The van der Waals surface area contributed by atoms with E-state index in [1.54, 1.807) is 0 Å². The lowest BCUT2D eigenvalue weighted by atomic mass is 10.1. The molecular weight excluding hydrogens is 279 g/mol. The van der Waals surface area contributed by atoms with Crippen LogP contribution in [0.25, 0.3) is 0 Å². The molecular formula is C12H12F3NO4. The van der Waals surface area contributed by atoms with Crippen LogP contribution in [0, 0.1) is 0 Å². The first-order valence-electron chi connectivity index (χ1n) is 5.55. The molecule has 0 aromatic heterocycles. The molecule has 0 aliphatic carbocycles. The number of carbonyl (C=O) groups is 2. The first-order valence-corrected chi connectivity index (χ1v) is 5.55. The molecule has 2 N–H and O–H groups in total. The van der Waals surface area contributed by atoms with Crippen molar-refractivity contribution in [2.75, 3.05) is 6.67 Å². The number of benzene rings is 1. The highest BCUT2D eigenvalue weighted by Crippen LogP contribution is 2.20. The lowest BCUT2D eigenvalue weighted by Crippen LogP contribution is -2.43. The van der Waals surface area contributed by atoms with E-state index < -0.39 is 37.6 Å². The number of rotatable bonds is 7. The molecule has 1 unspecified atom stereocenters. The van der Waals surface area contributed by atoms with Gasteiger partial charge in [0.2, 0.25) is 5.91 Å². The van der Waals surface area contributed by atoms with Crippen LogP contribution < -0.4 is 10.1 Å². The van der Waals surface area contributed by atoms with Gasteiger partial charge in [-0.3, -0.25) is 4.79 Å². The van der Waals surface area contributed by atoms with Gasteiger partial charge in [-0.15, -0.1) is 0 Å². The first-order chi connectivity index (χ1) is 9.43. The Kier molecular flexibility index (Phi) is 5.82. The van der Waals surface area contributed by atoms with Crippen molar-refractivity contribution < 1.29 is 32.6 Å². The van der Waals surface area contributed by atoms with Crippen LogP contribution in [0.1, 0.15) is 5.56 Å². The highest BCUT2D eigenvalue weighted by atomic mass is 19.3. The van der Waals surface area contributed by atoms with Crippen LogP contribution in [0.3, 0.4) is 0 Å². The number of hydrogen-bond donors (Lipinski definition) is 2. The van der Waals surface area contributed by atoms with Crippen LogP contribution in [0.5, 0.6) is 5.75 Å². The van der Waals surface area contributed by atoms with E-state index in [0.29, 0.717) is 0 Å². The number of carboxylic acids is 1. The van der Waals surface area contributed by atoms with Gasteiger partial charge < -0.3 is 15.2 Å². The van der Waals surface area contributed by atoms with Crippen molar-refractivity contribution in [3.8, 4) is 5.75 Å². The molecule has 0 aliphatic rings. The molecule has 0 saturated carbocycles. The second-order valence-corrected chi connectivity index (χ2v) is 3.78. The zero-order valence-electron chi connectivity index (χ0n) is 10.2. The zero-order valence-corrected chi connectivity index (χ0v) is 10.2. The molecule has 1 rings (SSSR count). The number of carbonyl (C=O) groups excluding carboxylic acids is 1. The normalized spacial score (nSPS) is 12.0. The summed E-state index contributed by atoms with van der Waals surface area (Å²) in [5, 5.41) is 10.5. The lowest BCUT2D eigenvalue weighted by molar-refractivity contribution is -0.142. The Morgan fingerprint density at radius 2 is 1.95 bits per heavy atom. The van der Waals surface area contributed by atoms with Crippen LogP contribution in [-0.2, 0) is 16.0 Å². The van der Waals surface area contributed by atoms with Crippen LogP contribution >= 0.6 is 0 Å². The Bertz CT molecular complexity index is 482. The van der Waals surface area contributed by atoms with Crippen LogP contribution in [-0.4, -0.2) is 36.3 Å². The third-order valence-corrected chi connectivity index (χ3v) is 2.33. The standard InChI is InChI=1S/C12H12F3NO4/c13-6-8(11(18)19)16-10(17)5-7-3-1-2-4-9(7)20-12(14)15/h1-4,8,12H,5-6H2,(H,16,17)(H,18,19). The summed E-state index contributed by atoms with van der Waals surface area (Å²) in [4.78, 5) is 22.1. The monoisotopic (exact) mass is 291 g/mol. The summed E-state index contributed by atoms with van der Waals surface area (Å²) >= 11 is 0. The Morgan fingerprint density at radius 3 is 2.50 bits per heavy atom. The maximum atomic E-state index is 12.3. The molecule has 0 fully saturated rings. The van der Waals surface area contributed by atoms with Crippen LogP contribution in [0.2, 0.25) is 0 Å². The van der Waals surface area contributed by atoms with Gasteiger partial charge in [0.15, 0.2) is 6.04 Å². The van der Waals surface area contributed by atoms with E-state index in [2.05, 4.69) is 4.74 Å². The highest BCUT2D eigenvalue weighted by molar-refractivity contribution is 5.85. The molecule has 0 bridgehead atoms. The molecule has 8 heteroatoms. The number of alkyl halides is 3. The number of amides is 1. The fraction of sp³-hybridized carbons (Fsp3) is 0.333. The average Bonchev–Trinajstić information content (AvgIpc) is 2.37. The number of nitrogens with one attached hydrogen (secondary N) is 1. The van der Waals surface area contributed by atoms with Crippen molar-refractivity contribution in [1.82, 2.24) is 5.32 Å². The van der Waals surface area contributed by atoms with Crippen LogP contribution in [0.15, 0.2) is 24.3 Å². The predicted octanol–water partition coefficient (Wildman–Crippen LogP) is 1.37. The maximum Gasteiger partial charge on any atom is 0.387 e. The molecule has 1 atom stereocenters. The molecule has 1 aromatic carbocycles. The van der Waals surface area contributed by atoms with Gasteiger partial charge in [0.1, 0.15) is 12.4 Å². The third-order valence-electron chi connectivity index (χ3n) is 2.33. The molecule has 0 spiro atoms. The lowest BCUT2D eigenvalue weighted by Gasteiger charge is -2.13. The van der Waals surface area contributed by atoms with E-state index in [0.717, 1.165) is 0 Å². The first kappa shape index (κ1) is 15.8. The van der Waals surface area contributed by atoms with Gasteiger partial charge >= 0.3 is 12.6 Å². The number of hydrogen-bond acceptors (Lipinski definition) is 3. The molecule has 5 nitrogen and oxygen atoms in total.